The second-order valence-corrected chi connectivity index (χ2v) is 3.53. The molecule has 1 aliphatic rings. The summed E-state index contributed by atoms with van der Waals surface area (Å²) in [6.07, 6.45) is 0.982. The first-order valence-electron chi connectivity index (χ1n) is 4.83. The summed E-state index contributed by atoms with van der Waals surface area (Å²) in [6.45, 7) is 5.32. The molecule has 0 aliphatic carbocycles. The van der Waals surface area contributed by atoms with Crippen molar-refractivity contribution in [2.24, 2.45) is 0 Å². The Hall–Kier alpha value is -1.02. The zero-order valence-corrected chi connectivity index (χ0v) is 7.95. The summed E-state index contributed by atoms with van der Waals surface area (Å²) >= 11 is 0. The first kappa shape index (κ1) is 8.57. The van der Waals surface area contributed by atoms with Gasteiger partial charge in [0.1, 0.15) is 5.75 Å². The number of benzene rings is 1. The van der Waals surface area contributed by atoms with E-state index in [0.717, 1.165) is 31.6 Å². The van der Waals surface area contributed by atoms with Gasteiger partial charge in [0.25, 0.3) is 0 Å². The lowest BCUT2D eigenvalue weighted by molar-refractivity contribution is 0.265. The Kier molecular flexibility index (Phi) is 2.23. The van der Waals surface area contributed by atoms with Crippen molar-refractivity contribution in [3.63, 3.8) is 0 Å². The molecule has 0 bridgehead atoms. The van der Waals surface area contributed by atoms with Crippen molar-refractivity contribution in [1.29, 1.82) is 0 Å². The topological polar surface area (TPSA) is 23.5 Å². The molecule has 70 valence electrons. The van der Waals surface area contributed by atoms with Gasteiger partial charge < -0.3 is 5.11 Å². The van der Waals surface area contributed by atoms with Gasteiger partial charge in [-0.1, -0.05) is 19.1 Å². The summed E-state index contributed by atoms with van der Waals surface area (Å²) < 4.78 is 0. The molecule has 0 aromatic heterocycles. The standard InChI is InChI=1S/C11H15NO/c1-2-12-7-6-10-9(8-12)4-3-5-11(10)13/h3-5,13H,2,6-8H2,1H3. The fourth-order valence-corrected chi connectivity index (χ4v) is 1.92. The average Bonchev–Trinajstić information content (AvgIpc) is 2.18. The molecule has 2 nitrogen and oxygen atoms in total. The predicted octanol–water partition coefficient (Wildman–Crippen LogP) is 1.77. The summed E-state index contributed by atoms with van der Waals surface area (Å²) in [5.74, 6) is 0.466. The van der Waals surface area contributed by atoms with Gasteiger partial charge >= 0.3 is 0 Å². The molecule has 2 rings (SSSR count). The summed E-state index contributed by atoms with van der Waals surface area (Å²) in [6, 6.07) is 5.81. The molecule has 0 amide bonds. The van der Waals surface area contributed by atoms with Gasteiger partial charge in [0.15, 0.2) is 0 Å². The SMILES string of the molecule is CCN1CCc2c(O)cccc2C1. The Bertz CT molecular complexity index is 309. The maximum Gasteiger partial charge on any atom is 0.119 e. The van der Waals surface area contributed by atoms with Crippen LogP contribution in [0.25, 0.3) is 0 Å². The lowest BCUT2D eigenvalue weighted by atomic mass is 9.99. The number of nitrogens with zero attached hydrogens (tertiary/aromatic N) is 1. The molecule has 1 heterocycles. The Morgan fingerprint density at radius 3 is 3.08 bits per heavy atom. The number of fused-ring (bicyclic) bond motifs is 1. The molecule has 0 saturated carbocycles. The third kappa shape index (κ3) is 1.54. The molecule has 1 aromatic carbocycles. The first-order valence-corrected chi connectivity index (χ1v) is 4.83. The number of rotatable bonds is 1. The van der Waals surface area contributed by atoms with Gasteiger partial charge in [0.2, 0.25) is 0 Å². The second kappa shape index (κ2) is 3.38. The predicted molar refractivity (Wildman–Crippen MR) is 52.8 cm³/mol. The second-order valence-electron chi connectivity index (χ2n) is 3.53. The molecule has 1 aliphatic heterocycles. The lowest BCUT2D eigenvalue weighted by Gasteiger charge is -2.27. The molecule has 0 atom stereocenters. The minimum absolute atomic E-state index is 0.466. The van der Waals surface area contributed by atoms with E-state index in [1.54, 1.807) is 6.07 Å². The highest BCUT2D eigenvalue weighted by Crippen LogP contribution is 2.26. The molecule has 0 unspecified atom stereocenters. The van der Waals surface area contributed by atoms with Crippen LogP contribution in [-0.4, -0.2) is 23.1 Å². The van der Waals surface area contributed by atoms with Crippen molar-refractivity contribution < 1.29 is 5.11 Å². The summed E-state index contributed by atoms with van der Waals surface area (Å²) in [7, 11) is 0. The van der Waals surface area contributed by atoms with Crippen LogP contribution in [0.1, 0.15) is 18.1 Å². The molecule has 0 spiro atoms. The van der Waals surface area contributed by atoms with Crippen LogP contribution in [0, 0.1) is 0 Å². The summed E-state index contributed by atoms with van der Waals surface area (Å²) in [4.78, 5) is 2.39. The summed E-state index contributed by atoms with van der Waals surface area (Å²) in [5.41, 5.74) is 2.43. The van der Waals surface area contributed by atoms with E-state index in [1.807, 2.05) is 6.07 Å². The van der Waals surface area contributed by atoms with Gasteiger partial charge in [-0.25, -0.2) is 0 Å². The minimum Gasteiger partial charge on any atom is -0.508 e. The number of likely N-dealkylation sites (N-methyl/N-ethyl adjacent to an activating group) is 1. The Balaban J connectivity index is 2.31. The highest BCUT2D eigenvalue weighted by Gasteiger charge is 2.16. The van der Waals surface area contributed by atoms with E-state index in [-0.39, 0.29) is 0 Å². The lowest BCUT2D eigenvalue weighted by Crippen LogP contribution is -2.30. The van der Waals surface area contributed by atoms with E-state index >= 15 is 0 Å². The van der Waals surface area contributed by atoms with Crippen LogP contribution in [0.5, 0.6) is 5.75 Å². The number of phenols is 1. The molecule has 1 N–H and O–H groups in total. The number of hydrogen-bond donors (Lipinski definition) is 1. The fraction of sp³-hybridized carbons (Fsp3) is 0.455. The van der Waals surface area contributed by atoms with Crippen LogP contribution in [0.2, 0.25) is 0 Å². The fourth-order valence-electron chi connectivity index (χ4n) is 1.92. The smallest absolute Gasteiger partial charge is 0.119 e. The van der Waals surface area contributed by atoms with Gasteiger partial charge in [-0.3, -0.25) is 4.90 Å². The highest BCUT2D eigenvalue weighted by molar-refractivity contribution is 5.40. The zero-order chi connectivity index (χ0) is 9.26. The van der Waals surface area contributed by atoms with Crippen LogP contribution < -0.4 is 0 Å². The number of phenolic OH excluding ortho intramolecular Hbond substituents is 1. The molecule has 0 fully saturated rings. The van der Waals surface area contributed by atoms with E-state index in [1.165, 1.54) is 5.56 Å². The molecular formula is C11H15NO. The number of hydrogen-bond acceptors (Lipinski definition) is 2. The maximum absolute atomic E-state index is 9.60. The van der Waals surface area contributed by atoms with Crippen molar-refractivity contribution in [2.45, 2.75) is 19.9 Å². The normalized spacial score (nSPS) is 17.0. The quantitative estimate of drug-likeness (QED) is 0.706. The Morgan fingerprint density at radius 1 is 1.46 bits per heavy atom. The first-order chi connectivity index (χ1) is 6.31. The molecule has 1 aromatic rings. The Morgan fingerprint density at radius 2 is 2.31 bits per heavy atom. The van der Waals surface area contributed by atoms with Crippen LogP contribution in [-0.2, 0) is 13.0 Å². The van der Waals surface area contributed by atoms with Gasteiger partial charge in [0.05, 0.1) is 0 Å². The van der Waals surface area contributed by atoms with E-state index in [4.69, 9.17) is 0 Å². The Labute approximate surface area is 78.8 Å². The van der Waals surface area contributed by atoms with E-state index in [2.05, 4.69) is 17.9 Å². The number of aromatic hydroxyl groups is 1. The van der Waals surface area contributed by atoms with Gasteiger partial charge in [-0.05, 0) is 30.2 Å². The van der Waals surface area contributed by atoms with E-state index in [0.29, 0.717) is 5.75 Å². The van der Waals surface area contributed by atoms with Crippen LogP contribution in [0.4, 0.5) is 0 Å². The summed E-state index contributed by atoms with van der Waals surface area (Å²) in [5, 5.41) is 9.60. The minimum atomic E-state index is 0.466. The third-order valence-corrected chi connectivity index (χ3v) is 2.77. The monoisotopic (exact) mass is 177 g/mol. The molecular weight excluding hydrogens is 162 g/mol. The van der Waals surface area contributed by atoms with Crippen molar-refractivity contribution in [3.05, 3.63) is 29.3 Å². The van der Waals surface area contributed by atoms with Gasteiger partial charge in [0, 0.05) is 13.1 Å². The van der Waals surface area contributed by atoms with E-state index < -0.39 is 0 Å². The molecule has 13 heavy (non-hydrogen) atoms. The van der Waals surface area contributed by atoms with E-state index in [9.17, 15) is 5.11 Å². The average molecular weight is 177 g/mol. The van der Waals surface area contributed by atoms with Crippen molar-refractivity contribution in [3.8, 4) is 5.75 Å². The van der Waals surface area contributed by atoms with Gasteiger partial charge in [-0.15, -0.1) is 0 Å². The molecule has 0 radical (unpaired) electrons. The van der Waals surface area contributed by atoms with Crippen molar-refractivity contribution in [2.75, 3.05) is 13.1 Å². The molecule has 0 saturated heterocycles. The highest BCUT2D eigenvalue weighted by atomic mass is 16.3. The van der Waals surface area contributed by atoms with Crippen molar-refractivity contribution in [1.82, 2.24) is 4.90 Å². The van der Waals surface area contributed by atoms with Crippen LogP contribution >= 0.6 is 0 Å². The van der Waals surface area contributed by atoms with Gasteiger partial charge in [-0.2, -0.15) is 0 Å². The van der Waals surface area contributed by atoms with Crippen molar-refractivity contribution >= 4 is 0 Å². The van der Waals surface area contributed by atoms with Crippen LogP contribution in [0.3, 0.4) is 0 Å². The molecule has 2 heteroatoms. The third-order valence-electron chi connectivity index (χ3n) is 2.77. The maximum atomic E-state index is 9.60. The zero-order valence-electron chi connectivity index (χ0n) is 7.95. The largest absolute Gasteiger partial charge is 0.508 e. The van der Waals surface area contributed by atoms with Crippen LogP contribution in [0.15, 0.2) is 18.2 Å².